The fraction of sp³-hybridized carbons (Fsp3) is 0.444. The SMILES string of the molecule is CCc1ncnc(O[C@H]2CCN(S(=O)(=O)c3ccc4c(c3)OCCO4)C2)c1F. The van der Waals surface area contributed by atoms with E-state index in [1.54, 1.807) is 13.0 Å². The molecule has 1 fully saturated rings. The molecule has 1 saturated heterocycles. The molecule has 0 amide bonds. The summed E-state index contributed by atoms with van der Waals surface area (Å²) in [6.07, 6.45) is 1.62. The van der Waals surface area contributed by atoms with Gasteiger partial charge in [-0.25, -0.2) is 13.4 Å². The number of hydrogen-bond donors (Lipinski definition) is 0. The van der Waals surface area contributed by atoms with Crippen molar-refractivity contribution in [3.63, 3.8) is 0 Å². The number of ether oxygens (including phenoxy) is 3. The zero-order valence-corrected chi connectivity index (χ0v) is 16.1. The first-order chi connectivity index (χ1) is 13.5. The van der Waals surface area contributed by atoms with E-state index in [1.165, 1.54) is 22.8 Å². The quantitative estimate of drug-likeness (QED) is 0.744. The molecule has 28 heavy (non-hydrogen) atoms. The first kappa shape index (κ1) is 18.9. The van der Waals surface area contributed by atoms with E-state index in [2.05, 4.69) is 9.97 Å². The van der Waals surface area contributed by atoms with Crippen molar-refractivity contribution in [1.82, 2.24) is 14.3 Å². The second-order valence-corrected chi connectivity index (χ2v) is 8.43. The summed E-state index contributed by atoms with van der Waals surface area (Å²) in [6.45, 7) is 2.98. The average Bonchev–Trinajstić information content (AvgIpc) is 3.18. The van der Waals surface area contributed by atoms with Crippen molar-refractivity contribution in [2.75, 3.05) is 26.3 Å². The van der Waals surface area contributed by atoms with E-state index in [0.29, 0.717) is 37.6 Å². The Kier molecular flexibility index (Phi) is 5.07. The minimum atomic E-state index is -3.73. The average molecular weight is 409 g/mol. The van der Waals surface area contributed by atoms with Gasteiger partial charge in [-0.1, -0.05) is 6.92 Å². The summed E-state index contributed by atoms with van der Waals surface area (Å²) >= 11 is 0. The zero-order valence-electron chi connectivity index (χ0n) is 15.3. The van der Waals surface area contributed by atoms with E-state index in [-0.39, 0.29) is 29.6 Å². The number of hydrogen-bond acceptors (Lipinski definition) is 7. The third kappa shape index (κ3) is 3.49. The Bertz CT molecular complexity index is 985. The standard InChI is InChI=1S/C18H20FN3O5S/c1-2-14-17(19)18(21-11-20-14)27-12-5-6-22(10-12)28(23,24)13-3-4-15-16(9-13)26-8-7-25-15/h3-4,9,11-12H,2,5-8,10H2,1H3/t12-/m0/s1. The van der Waals surface area contributed by atoms with Crippen LogP contribution in [0.2, 0.25) is 0 Å². The highest BCUT2D eigenvalue weighted by molar-refractivity contribution is 7.89. The number of aromatic nitrogens is 2. The summed E-state index contributed by atoms with van der Waals surface area (Å²) in [5.74, 6) is 0.196. The molecule has 0 saturated carbocycles. The topological polar surface area (TPSA) is 90.9 Å². The predicted octanol–water partition coefficient (Wildman–Crippen LogP) is 1.79. The van der Waals surface area contributed by atoms with Gasteiger partial charge in [0.2, 0.25) is 15.8 Å². The number of halogens is 1. The van der Waals surface area contributed by atoms with Gasteiger partial charge in [-0.3, -0.25) is 0 Å². The molecule has 150 valence electrons. The highest BCUT2D eigenvalue weighted by Gasteiger charge is 2.35. The van der Waals surface area contributed by atoms with Gasteiger partial charge in [0.1, 0.15) is 25.6 Å². The van der Waals surface area contributed by atoms with Crippen LogP contribution in [0.15, 0.2) is 29.4 Å². The normalized spacial score (nSPS) is 19.6. The van der Waals surface area contributed by atoms with Crippen LogP contribution in [0.5, 0.6) is 17.4 Å². The molecule has 0 unspecified atom stereocenters. The summed E-state index contributed by atoms with van der Waals surface area (Å²) in [6, 6.07) is 4.55. The van der Waals surface area contributed by atoms with Crippen LogP contribution in [-0.4, -0.2) is 55.1 Å². The van der Waals surface area contributed by atoms with Gasteiger partial charge in [-0.2, -0.15) is 13.7 Å². The molecule has 2 aliphatic rings. The van der Waals surface area contributed by atoms with Gasteiger partial charge < -0.3 is 14.2 Å². The second kappa shape index (κ2) is 7.51. The molecule has 1 aromatic carbocycles. The molecule has 3 heterocycles. The maximum atomic E-state index is 14.3. The van der Waals surface area contributed by atoms with Crippen LogP contribution in [0.3, 0.4) is 0 Å². The number of rotatable bonds is 5. The molecule has 8 nitrogen and oxygen atoms in total. The van der Waals surface area contributed by atoms with Gasteiger partial charge in [0, 0.05) is 12.6 Å². The van der Waals surface area contributed by atoms with Gasteiger partial charge in [0.15, 0.2) is 11.5 Å². The van der Waals surface area contributed by atoms with Crippen molar-refractivity contribution in [2.24, 2.45) is 0 Å². The van der Waals surface area contributed by atoms with Crippen molar-refractivity contribution < 1.29 is 27.0 Å². The van der Waals surface area contributed by atoms with Gasteiger partial charge in [-0.05, 0) is 25.0 Å². The molecule has 1 aromatic heterocycles. The third-order valence-electron chi connectivity index (χ3n) is 4.70. The second-order valence-electron chi connectivity index (χ2n) is 6.49. The Morgan fingerprint density at radius 1 is 1.25 bits per heavy atom. The van der Waals surface area contributed by atoms with Gasteiger partial charge in [0.05, 0.1) is 17.1 Å². The lowest BCUT2D eigenvalue weighted by molar-refractivity contribution is 0.171. The van der Waals surface area contributed by atoms with Crippen LogP contribution >= 0.6 is 0 Å². The van der Waals surface area contributed by atoms with Crippen LogP contribution in [-0.2, 0) is 16.4 Å². The molecule has 0 aliphatic carbocycles. The fourth-order valence-electron chi connectivity index (χ4n) is 3.22. The largest absolute Gasteiger partial charge is 0.486 e. The minimum absolute atomic E-state index is 0.113. The minimum Gasteiger partial charge on any atom is -0.486 e. The summed E-state index contributed by atoms with van der Waals surface area (Å²) < 4.78 is 58.0. The monoisotopic (exact) mass is 409 g/mol. The number of benzene rings is 1. The van der Waals surface area contributed by atoms with Crippen molar-refractivity contribution in [1.29, 1.82) is 0 Å². The Morgan fingerprint density at radius 2 is 2.04 bits per heavy atom. The molecular formula is C18H20FN3O5S. The fourth-order valence-corrected chi connectivity index (χ4v) is 4.72. The van der Waals surface area contributed by atoms with E-state index >= 15 is 0 Å². The van der Waals surface area contributed by atoms with Crippen molar-refractivity contribution in [2.45, 2.75) is 30.8 Å². The predicted molar refractivity (Wildman–Crippen MR) is 96.6 cm³/mol. The highest BCUT2D eigenvalue weighted by atomic mass is 32.2. The summed E-state index contributed by atoms with van der Waals surface area (Å²) in [5, 5.41) is 0. The lowest BCUT2D eigenvalue weighted by Crippen LogP contribution is -2.31. The van der Waals surface area contributed by atoms with Crippen LogP contribution in [0.1, 0.15) is 19.0 Å². The van der Waals surface area contributed by atoms with E-state index in [4.69, 9.17) is 14.2 Å². The number of fused-ring (bicyclic) bond motifs is 1. The van der Waals surface area contributed by atoms with E-state index in [0.717, 1.165) is 0 Å². The highest BCUT2D eigenvalue weighted by Crippen LogP contribution is 2.34. The molecule has 0 radical (unpaired) electrons. The molecule has 10 heteroatoms. The number of sulfonamides is 1. The first-order valence-corrected chi connectivity index (χ1v) is 10.5. The van der Waals surface area contributed by atoms with Crippen LogP contribution < -0.4 is 14.2 Å². The maximum Gasteiger partial charge on any atom is 0.254 e. The molecule has 0 bridgehead atoms. The lowest BCUT2D eigenvalue weighted by Gasteiger charge is -2.21. The Balaban J connectivity index is 1.49. The smallest absolute Gasteiger partial charge is 0.254 e. The maximum absolute atomic E-state index is 14.3. The van der Waals surface area contributed by atoms with Crippen molar-refractivity contribution in [3.8, 4) is 17.4 Å². The van der Waals surface area contributed by atoms with Gasteiger partial charge >= 0.3 is 0 Å². The van der Waals surface area contributed by atoms with E-state index < -0.39 is 21.9 Å². The van der Waals surface area contributed by atoms with Gasteiger partial charge in [-0.15, -0.1) is 0 Å². The third-order valence-corrected chi connectivity index (χ3v) is 6.56. The van der Waals surface area contributed by atoms with E-state index in [9.17, 15) is 12.8 Å². The molecule has 0 spiro atoms. The van der Waals surface area contributed by atoms with Crippen LogP contribution in [0, 0.1) is 5.82 Å². The van der Waals surface area contributed by atoms with Gasteiger partial charge in [0.25, 0.3) is 5.88 Å². The summed E-state index contributed by atoms with van der Waals surface area (Å²) in [7, 11) is -3.73. The van der Waals surface area contributed by atoms with E-state index in [1.807, 2.05) is 0 Å². The Labute approximate surface area is 162 Å². The lowest BCUT2D eigenvalue weighted by atomic mass is 10.3. The van der Waals surface area contributed by atoms with Crippen LogP contribution in [0.25, 0.3) is 0 Å². The first-order valence-electron chi connectivity index (χ1n) is 9.05. The summed E-state index contributed by atoms with van der Waals surface area (Å²) in [4.78, 5) is 7.83. The molecule has 4 rings (SSSR count). The Morgan fingerprint density at radius 3 is 2.82 bits per heavy atom. The number of nitrogens with zero attached hydrogens (tertiary/aromatic N) is 3. The molecule has 2 aliphatic heterocycles. The Hall–Kier alpha value is -2.46. The molecule has 0 N–H and O–H groups in total. The molecule has 2 aromatic rings. The molecule has 1 atom stereocenters. The zero-order chi connectivity index (χ0) is 19.7. The van der Waals surface area contributed by atoms with Crippen LogP contribution in [0.4, 0.5) is 4.39 Å². The van der Waals surface area contributed by atoms with Crippen molar-refractivity contribution >= 4 is 10.0 Å². The summed E-state index contributed by atoms with van der Waals surface area (Å²) in [5.41, 5.74) is 0.267. The molecular weight excluding hydrogens is 389 g/mol. The number of aryl methyl sites for hydroxylation is 1. The van der Waals surface area contributed by atoms with Crippen molar-refractivity contribution in [3.05, 3.63) is 36.0 Å².